The Morgan fingerprint density at radius 2 is 1.80 bits per heavy atom. The molecule has 1 N–H and O–H groups in total. The first kappa shape index (κ1) is 17.2. The van der Waals surface area contributed by atoms with E-state index in [2.05, 4.69) is 10.2 Å². The summed E-state index contributed by atoms with van der Waals surface area (Å²) in [5, 5.41) is 2.93. The van der Waals surface area contributed by atoms with Crippen molar-refractivity contribution in [2.75, 3.05) is 32.7 Å². The Morgan fingerprint density at radius 1 is 1.08 bits per heavy atom. The van der Waals surface area contributed by atoms with E-state index >= 15 is 0 Å². The fourth-order valence-electron chi connectivity index (χ4n) is 2.97. The monoisotopic (exact) mass is 341 g/mol. The predicted octanol–water partition coefficient (Wildman–Crippen LogP) is 1.91. The van der Waals surface area contributed by atoms with Crippen LogP contribution in [0.1, 0.15) is 29.1 Å². The summed E-state index contributed by atoms with van der Waals surface area (Å²) in [4.78, 5) is 28.5. The highest BCUT2D eigenvalue weighted by Crippen LogP contribution is 2.12. The molecule has 25 heavy (non-hydrogen) atoms. The Kier molecular flexibility index (Phi) is 5.50. The van der Waals surface area contributed by atoms with Gasteiger partial charge >= 0.3 is 0 Å². The number of nitrogens with zero attached hydrogens (tertiary/aromatic N) is 2. The first-order valence-electron chi connectivity index (χ1n) is 8.53. The highest BCUT2D eigenvalue weighted by molar-refractivity contribution is 5.94. The molecule has 0 bridgehead atoms. The van der Waals surface area contributed by atoms with Crippen LogP contribution in [0.5, 0.6) is 0 Å². The number of nitrogens with one attached hydrogen (secondary N) is 1. The van der Waals surface area contributed by atoms with Gasteiger partial charge in [0, 0.05) is 31.7 Å². The van der Waals surface area contributed by atoms with E-state index in [-0.39, 0.29) is 17.9 Å². The van der Waals surface area contributed by atoms with Crippen molar-refractivity contribution < 1.29 is 14.0 Å². The van der Waals surface area contributed by atoms with Gasteiger partial charge in [0.1, 0.15) is 5.76 Å². The Hall–Kier alpha value is -2.60. The Bertz CT molecular complexity index is 692. The molecule has 1 fully saturated rings. The quantitative estimate of drug-likeness (QED) is 0.902. The molecule has 3 rings (SSSR count). The van der Waals surface area contributed by atoms with E-state index in [1.807, 2.05) is 48.2 Å². The van der Waals surface area contributed by atoms with Gasteiger partial charge in [-0.2, -0.15) is 0 Å². The average Bonchev–Trinajstić information content (AvgIpc) is 3.17. The summed E-state index contributed by atoms with van der Waals surface area (Å²) in [6, 6.07) is 12.8. The molecule has 132 valence electrons. The van der Waals surface area contributed by atoms with E-state index < -0.39 is 0 Å². The SMILES string of the molecule is C[C@@H](NC(=O)CN1CCN(C(=O)c2ccccc2)CC1)c1ccco1. The molecule has 1 aliphatic rings. The molecular weight excluding hydrogens is 318 g/mol. The van der Waals surface area contributed by atoms with Crippen molar-refractivity contribution in [3.63, 3.8) is 0 Å². The maximum absolute atomic E-state index is 12.4. The minimum Gasteiger partial charge on any atom is -0.467 e. The summed E-state index contributed by atoms with van der Waals surface area (Å²) in [6.45, 7) is 4.89. The Balaban J connectivity index is 1.44. The molecule has 1 atom stereocenters. The number of rotatable bonds is 5. The van der Waals surface area contributed by atoms with E-state index in [0.717, 1.165) is 5.76 Å². The second-order valence-corrected chi connectivity index (χ2v) is 6.24. The van der Waals surface area contributed by atoms with Crippen LogP contribution >= 0.6 is 0 Å². The molecule has 2 heterocycles. The van der Waals surface area contributed by atoms with Gasteiger partial charge in [-0.15, -0.1) is 0 Å². The molecule has 1 saturated heterocycles. The molecule has 0 saturated carbocycles. The number of hydrogen-bond donors (Lipinski definition) is 1. The number of hydrogen-bond acceptors (Lipinski definition) is 4. The summed E-state index contributed by atoms with van der Waals surface area (Å²) >= 11 is 0. The Labute approximate surface area is 147 Å². The van der Waals surface area contributed by atoms with Gasteiger partial charge in [-0.3, -0.25) is 14.5 Å². The molecule has 0 unspecified atom stereocenters. The van der Waals surface area contributed by atoms with Crippen LogP contribution in [-0.2, 0) is 4.79 Å². The minimum absolute atomic E-state index is 0.0354. The van der Waals surface area contributed by atoms with Crippen LogP contribution in [-0.4, -0.2) is 54.3 Å². The smallest absolute Gasteiger partial charge is 0.253 e. The second-order valence-electron chi connectivity index (χ2n) is 6.24. The summed E-state index contributed by atoms with van der Waals surface area (Å²) < 4.78 is 5.30. The van der Waals surface area contributed by atoms with Crippen molar-refractivity contribution in [2.24, 2.45) is 0 Å². The summed E-state index contributed by atoms with van der Waals surface area (Å²) in [7, 11) is 0. The average molecular weight is 341 g/mol. The second kappa shape index (κ2) is 7.98. The predicted molar refractivity (Wildman–Crippen MR) is 94.1 cm³/mol. The van der Waals surface area contributed by atoms with E-state index in [1.54, 1.807) is 12.3 Å². The third kappa shape index (κ3) is 4.48. The van der Waals surface area contributed by atoms with Crippen LogP contribution in [0.25, 0.3) is 0 Å². The molecule has 0 spiro atoms. The number of carbonyl (C=O) groups excluding carboxylic acids is 2. The van der Waals surface area contributed by atoms with Gasteiger partial charge in [0.2, 0.25) is 5.91 Å². The molecule has 0 radical (unpaired) electrons. The van der Waals surface area contributed by atoms with Gasteiger partial charge in [-0.25, -0.2) is 0 Å². The van der Waals surface area contributed by atoms with Gasteiger partial charge in [0.25, 0.3) is 5.91 Å². The molecule has 6 nitrogen and oxygen atoms in total. The van der Waals surface area contributed by atoms with Crippen LogP contribution < -0.4 is 5.32 Å². The van der Waals surface area contributed by atoms with Gasteiger partial charge in [0.15, 0.2) is 0 Å². The fourth-order valence-corrected chi connectivity index (χ4v) is 2.97. The Morgan fingerprint density at radius 3 is 2.44 bits per heavy atom. The van der Waals surface area contributed by atoms with E-state index in [1.165, 1.54) is 0 Å². The van der Waals surface area contributed by atoms with Gasteiger partial charge in [-0.05, 0) is 31.2 Å². The van der Waals surface area contributed by atoms with Crippen molar-refractivity contribution in [1.82, 2.24) is 15.1 Å². The zero-order valence-corrected chi connectivity index (χ0v) is 14.4. The van der Waals surface area contributed by atoms with Crippen molar-refractivity contribution in [3.8, 4) is 0 Å². The summed E-state index contributed by atoms with van der Waals surface area (Å²) in [5.74, 6) is 0.759. The first-order chi connectivity index (χ1) is 12.1. The van der Waals surface area contributed by atoms with Gasteiger partial charge < -0.3 is 14.6 Å². The normalized spacial score (nSPS) is 16.4. The number of amides is 2. The molecule has 1 aliphatic heterocycles. The van der Waals surface area contributed by atoms with Crippen molar-refractivity contribution in [2.45, 2.75) is 13.0 Å². The van der Waals surface area contributed by atoms with Gasteiger partial charge in [0.05, 0.1) is 18.8 Å². The molecule has 2 aromatic rings. The van der Waals surface area contributed by atoms with E-state index in [9.17, 15) is 9.59 Å². The summed E-state index contributed by atoms with van der Waals surface area (Å²) in [6.07, 6.45) is 1.60. The molecule has 6 heteroatoms. The highest BCUT2D eigenvalue weighted by Gasteiger charge is 2.23. The third-order valence-electron chi connectivity index (χ3n) is 4.39. The highest BCUT2D eigenvalue weighted by atomic mass is 16.3. The lowest BCUT2D eigenvalue weighted by atomic mass is 10.2. The largest absolute Gasteiger partial charge is 0.467 e. The third-order valence-corrected chi connectivity index (χ3v) is 4.39. The number of benzene rings is 1. The molecule has 2 amide bonds. The fraction of sp³-hybridized carbons (Fsp3) is 0.368. The van der Waals surface area contributed by atoms with Crippen LogP contribution in [0.3, 0.4) is 0 Å². The van der Waals surface area contributed by atoms with Crippen molar-refractivity contribution in [1.29, 1.82) is 0 Å². The number of piperazine rings is 1. The van der Waals surface area contributed by atoms with E-state index in [0.29, 0.717) is 38.3 Å². The van der Waals surface area contributed by atoms with Crippen LogP contribution in [0.4, 0.5) is 0 Å². The number of furan rings is 1. The number of carbonyl (C=O) groups is 2. The minimum atomic E-state index is -0.150. The topological polar surface area (TPSA) is 65.8 Å². The maximum Gasteiger partial charge on any atom is 0.253 e. The first-order valence-corrected chi connectivity index (χ1v) is 8.53. The van der Waals surface area contributed by atoms with Crippen LogP contribution in [0.15, 0.2) is 53.1 Å². The lowest BCUT2D eigenvalue weighted by Crippen LogP contribution is -2.51. The van der Waals surface area contributed by atoms with Crippen molar-refractivity contribution >= 4 is 11.8 Å². The zero-order valence-electron chi connectivity index (χ0n) is 14.4. The standard InChI is InChI=1S/C19H23N3O3/c1-15(17-8-5-13-25-17)20-18(23)14-21-9-11-22(12-10-21)19(24)16-6-3-2-4-7-16/h2-8,13,15H,9-12,14H2,1H3,(H,20,23)/t15-/m1/s1. The van der Waals surface area contributed by atoms with Crippen molar-refractivity contribution in [3.05, 3.63) is 60.1 Å². The lowest BCUT2D eigenvalue weighted by molar-refractivity contribution is -0.123. The molecule has 1 aromatic carbocycles. The molecule has 0 aliphatic carbocycles. The summed E-state index contributed by atoms with van der Waals surface area (Å²) in [5.41, 5.74) is 0.709. The van der Waals surface area contributed by atoms with Crippen LogP contribution in [0.2, 0.25) is 0 Å². The molecule has 1 aromatic heterocycles. The van der Waals surface area contributed by atoms with Gasteiger partial charge in [-0.1, -0.05) is 18.2 Å². The zero-order chi connectivity index (χ0) is 17.6. The van der Waals surface area contributed by atoms with E-state index in [4.69, 9.17) is 4.42 Å². The lowest BCUT2D eigenvalue weighted by Gasteiger charge is -2.34. The molecular formula is C19H23N3O3. The maximum atomic E-state index is 12.4. The van der Waals surface area contributed by atoms with Crippen LogP contribution in [0, 0.1) is 0 Å².